The van der Waals surface area contributed by atoms with E-state index >= 15 is 0 Å². The Morgan fingerprint density at radius 3 is 2.52 bits per heavy atom. The van der Waals surface area contributed by atoms with E-state index in [2.05, 4.69) is 4.74 Å². The molecule has 25 heavy (non-hydrogen) atoms. The molecule has 0 aliphatic carbocycles. The first kappa shape index (κ1) is 18.9. The van der Waals surface area contributed by atoms with Crippen molar-refractivity contribution in [1.29, 1.82) is 0 Å². The number of aliphatic hydroxyl groups is 1. The Morgan fingerprint density at radius 2 is 1.92 bits per heavy atom. The first-order valence-corrected chi connectivity index (χ1v) is 7.74. The summed E-state index contributed by atoms with van der Waals surface area (Å²) in [4.78, 5) is 49.9. The molecule has 138 valence electrons. The number of ether oxygens (including phenoxy) is 1. The maximum atomic E-state index is 12.6. The molecule has 0 radical (unpaired) electrons. The van der Waals surface area contributed by atoms with Crippen molar-refractivity contribution in [2.75, 3.05) is 32.5 Å². The third-order valence-corrected chi connectivity index (χ3v) is 4.47. The highest BCUT2D eigenvalue weighted by atomic mass is 16.5. The molecule has 10 nitrogen and oxygen atoms in total. The Bertz CT molecular complexity index is 827. The van der Waals surface area contributed by atoms with Gasteiger partial charge >= 0.3 is 11.7 Å². The van der Waals surface area contributed by atoms with Crippen LogP contribution in [0.2, 0.25) is 0 Å². The molecule has 1 aliphatic heterocycles. The first-order valence-electron chi connectivity index (χ1n) is 7.74. The summed E-state index contributed by atoms with van der Waals surface area (Å²) in [7, 11) is 3.81. The molecule has 3 N–H and O–H groups in total. The minimum atomic E-state index is -1.69. The Balaban J connectivity index is 2.28. The topological polar surface area (TPSA) is 137 Å². The lowest BCUT2D eigenvalue weighted by Gasteiger charge is -2.36. The SMILES string of the molecule is COC(=O)C1(O)CCCN(CC(=O)c2c(N)n(C)c(=O)n(C)c2=O)C1. The van der Waals surface area contributed by atoms with Gasteiger partial charge in [0.15, 0.2) is 11.4 Å². The second-order valence-corrected chi connectivity index (χ2v) is 6.23. The van der Waals surface area contributed by atoms with Crippen LogP contribution in [0.1, 0.15) is 23.2 Å². The molecule has 2 heterocycles. The molecule has 1 fully saturated rings. The molecule has 0 aromatic carbocycles. The number of likely N-dealkylation sites (tertiary alicyclic amines) is 1. The fraction of sp³-hybridized carbons (Fsp3) is 0.600. The summed E-state index contributed by atoms with van der Waals surface area (Å²) in [5.74, 6) is -1.55. The highest BCUT2D eigenvalue weighted by molar-refractivity contribution is 6.01. The van der Waals surface area contributed by atoms with Crippen LogP contribution in [0, 0.1) is 0 Å². The van der Waals surface area contributed by atoms with Crippen molar-refractivity contribution in [3.8, 4) is 0 Å². The van der Waals surface area contributed by atoms with E-state index < -0.39 is 28.6 Å². The lowest BCUT2D eigenvalue weighted by Crippen LogP contribution is -2.55. The summed E-state index contributed by atoms with van der Waals surface area (Å²) >= 11 is 0. The highest BCUT2D eigenvalue weighted by Gasteiger charge is 2.42. The van der Waals surface area contributed by atoms with Gasteiger partial charge in [-0.2, -0.15) is 0 Å². The number of β-amino-alcohol motifs (C(OH)–C–C–N with tert-alkyl or cyclic N) is 1. The molecule has 1 aromatic rings. The number of aromatic nitrogens is 2. The number of hydrogen-bond donors (Lipinski definition) is 2. The van der Waals surface area contributed by atoms with Crippen molar-refractivity contribution in [1.82, 2.24) is 14.0 Å². The zero-order valence-corrected chi connectivity index (χ0v) is 14.4. The van der Waals surface area contributed by atoms with Crippen molar-refractivity contribution >= 4 is 17.6 Å². The number of rotatable bonds is 4. The Morgan fingerprint density at radius 1 is 1.28 bits per heavy atom. The van der Waals surface area contributed by atoms with Crippen LogP contribution in [-0.4, -0.2) is 63.2 Å². The van der Waals surface area contributed by atoms with Crippen molar-refractivity contribution in [3.05, 3.63) is 26.4 Å². The van der Waals surface area contributed by atoms with Crippen molar-refractivity contribution in [2.45, 2.75) is 18.4 Å². The van der Waals surface area contributed by atoms with Crippen LogP contribution in [0.3, 0.4) is 0 Å². The normalized spacial score (nSPS) is 21.1. The Hall–Kier alpha value is -2.46. The molecule has 2 rings (SSSR count). The number of Topliss-reactive ketones (excluding diaryl/α,β-unsaturated/α-hetero) is 1. The van der Waals surface area contributed by atoms with Crippen molar-refractivity contribution < 1.29 is 19.4 Å². The van der Waals surface area contributed by atoms with E-state index in [1.807, 2.05) is 0 Å². The second kappa shape index (κ2) is 6.81. The third-order valence-electron chi connectivity index (χ3n) is 4.47. The van der Waals surface area contributed by atoms with Gasteiger partial charge in [-0.1, -0.05) is 0 Å². The van der Waals surface area contributed by atoms with E-state index in [1.165, 1.54) is 21.2 Å². The molecule has 1 atom stereocenters. The van der Waals surface area contributed by atoms with Crippen LogP contribution in [0.5, 0.6) is 0 Å². The summed E-state index contributed by atoms with van der Waals surface area (Å²) in [5, 5.41) is 10.4. The van der Waals surface area contributed by atoms with E-state index in [-0.39, 0.29) is 30.9 Å². The van der Waals surface area contributed by atoms with Gasteiger partial charge in [-0.05, 0) is 19.4 Å². The molecule has 0 amide bonds. The molecule has 0 spiro atoms. The summed E-state index contributed by atoms with van der Waals surface area (Å²) < 4.78 is 6.44. The fourth-order valence-electron chi connectivity index (χ4n) is 3.02. The minimum absolute atomic E-state index is 0.0859. The maximum Gasteiger partial charge on any atom is 0.339 e. The molecular formula is C15H22N4O6. The van der Waals surface area contributed by atoms with Gasteiger partial charge in [0.1, 0.15) is 11.4 Å². The van der Waals surface area contributed by atoms with Gasteiger partial charge in [0.25, 0.3) is 5.56 Å². The van der Waals surface area contributed by atoms with Gasteiger partial charge in [0, 0.05) is 20.6 Å². The van der Waals surface area contributed by atoms with E-state index in [4.69, 9.17) is 5.73 Å². The average Bonchev–Trinajstić information content (AvgIpc) is 2.57. The quantitative estimate of drug-likeness (QED) is 0.461. The zero-order chi connectivity index (χ0) is 18.9. The highest BCUT2D eigenvalue weighted by Crippen LogP contribution is 2.22. The Labute approximate surface area is 143 Å². The van der Waals surface area contributed by atoms with Gasteiger partial charge in [-0.15, -0.1) is 0 Å². The predicted molar refractivity (Wildman–Crippen MR) is 88.3 cm³/mol. The summed E-state index contributed by atoms with van der Waals surface area (Å²) in [5.41, 5.74) is 2.40. The number of hydrogen-bond acceptors (Lipinski definition) is 8. The number of methoxy groups -OCH3 is 1. The summed E-state index contributed by atoms with van der Waals surface area (Å²) in [6, 6.07) is 0. The Kier molecular flexibility index (Phi) is 5.14. The lowest BCUT2D eigenvalue weighted by molar-refractivity contribution is -0.167. The van der Waals surface area contributed by atoms with Crippen molar-refractivity contribution in [2.24, 2.45) is 14.1 Å². The second-order valence-electron chi connectivity index (χ2n) is 6.23. The largest absolute Gasteiger partial charge is 0.467 e. The first-order chi connectivity index (χ1) is 11.6. The standard InChI is InChI=1S/C15H22N4O6/c1-17-11(16)10(12(21)18(2)14(17)23)9(20)7-19-6-4-5-15(24,8-19)13(22)25-3/h24H,4-8,16H2,1-3H3. The number of carbonyl (C=O) groups is 2. The number of ketones is 1. The van der Waals surface area contributed by atoms with E-state index in [1.54, 1.807) is 4.90 Å². The van der Waals surface area contributed by atoms with Crippen LogP contribution >= 0.6 is 0 Å². The minimum Gasteiger partial charge on any atom is -0.467 e. The molecule has 1 aliphatic rings. The van der Waals surface area contributed by atoms with Gasteiger partial charge in [0.05, 0.1) is 13.7 Å². The number of nitrogens with zero attached hydrogens (tertiary/aromatic N) is 3. The van der Waals surface area contributed by atoms with E-state index in [0.29, 0.717) is 13.0 Å². The molecule has 0 bridgehead atoms. The predicted octanol–water partition coefficient (Wildman–Crippen LogP) is -2.15. The number of nitrogen functional groups attached to an aromatic ring is 1. The van der Waals surface area contributed by atoms with Crippen LogP contribution < -0.4 is 17.0 Å². The smallest absolute Gasteiger partial charge is 0.339 e. The van der Waals surface area contributed by atoms with Gasteiger partial charge in [-0.3, -0.25) is 23.6 Å². The third kappa shape index (κ3) is 3.35. The van der Waals surface area contributed by atoms with E-state index in [0.717, 1.165) is 9.13 Å². The molecule has 10 heteroatoms. The number of carbonyl (C=O) groups excluding carboxylic acids is 2. The van der Waals surface area contributed by atoms with Gasteiger partial charge in [-0.25, -0.2) is 9.59 Å². The number of anilines is 1. The summed E-state index contributed by atoms with van der Waals surface area (Å²) in [6.07, 6.45) is 0.716. The average molecular weight is 354 g/mol. The fourth-order valence-corrected chi connectivity index (χ4v) is 3.02. The maximum absolute atomic E-state index is 12.6. The van der Waals surface area contributed by atoms with Gasteiger partial charge < -0.3 is 15.6 Å². The van der Waals surface area contributed by atoms with Crippen LogP contribution in [-0.2, 0) is 23.6 Å². The van der Waals surface area contributed by atoms with E-state index in [9.17, 15) is 24.3 Å². The molecule has 0 saturated carbocycles. The molecule has 1 aromatic heterocycles. The van der Waals surface area contributed by atoms with Gasteiger partial charge in [0.2, 0.25) is 0 Å². The van der Waals surface area contributed by atoms with Crippen LogP contribution in [0.25, 0.3) is 0 Å². The number of esters is 1. The monoisotopic (exact) mass is 354 g/mol. The van der Waals surface area contributed by atoms with Crippen LogP contribution in [0.4, 0.5) is 5.82 Å². The van der Waals surface area contributed by atoms with Crippen LogP contribution in [0.15, 0.2) is 9.59 Å². The number of nitrogens with two attached hydrogens (primary N) is 1. The number of piperidine rings is 1. The lowest BCUT2D eigenvalue weighted by atomic mass is 9.92. The molecule has 1 saturated heterocycles. The summed E-state index contributed by atoms with van der Waals surface area (Å²) in [6.45, 7) is 0.172. The molecule has 1 unspecified atom stereocenters. The molecular weight excluding hydrogens is 332 g/mol. The van der Waals surface area contributed by atoms with Crippen molar-refractivity contribution in [3.63, 3.8) is 0 Å². The zero-order valence-electron chi connectivity index (χ0n) is 14.4.